The van der Waals surface area contributed by atoms with E-state index in [1.165, 1.54) is 0 Å². The molecule has 0 spiro atoms. The van der Waals surface area contributed by atoms with Crippen molar-refractivity contribution in [1.29, 1.82) is 0 Å². The van der Waals surface area contributed by atoms with Crippen molar-refractivity contribution >= 4 is 23.4 Å². The molecule has 0 saturated heterocycles. The van der Waals surface area contributed by atoms with Gasteiger partial charge in [0.15, 0.2) is 0 Å². The van der Waals surface area contributed by atoms with E-state index in [-0.39, 0.29) is 0 Å². The van der Waals surface area contributed by atoms with E-state index in [0.29, 0.717) is 24.1 Å². The van der Waals surface area contributed by atoms with Crippen LogP contribution in [-0.2, 0) is 5.75 Å². The number of aromatic nitrogens is 2. The second-order valence-electron chi connectivity index (χ2n) is 6.69. The Hall–Kier alpha value is -2.18. The normalized spacial score (nSPS) is 10.8. The summed E-state index contributed by atoms with van der Waals surface area (Å²) in [6.07, 6.45) is 4.41. The number of alkyl halides is 1. The molecule has 5 nitrogen and oxygen atoms in total. The van der Waals surface area contributed by atoms with Crippen LogP contribution in [0.25, 0.3) is 11.5 Å². The maximum absolute atomic E-state index is 5.78. The lowest BCUT2D eigenvalue weighted by atomic mass is 10.2. The second-order valence-corrected chi connectivity index (χ2v) is 8.17. The number of para-hydroxylation sites is 1. The van der Waals surface area contributed by atoms with E-state index < -0.39 is 0 Å². The van der Waals surface area contributed by atoms with Crippen LogP contribution in [0.15, 0.2) is 59.0 Å². The third kappa shape index (κ3) is 7.92. The molecule has 0 fully saturated rings. The zero-order valence-corrected chi connectivity index (χ0v) is 18.5. The summed E-state index contributed by atoms with van der Waals surface area (Å²) in [6, 6.07) is 17.6. The monoisotopic (exact) mass is 446 g/mol. The zero-order valence-electron chi connectivity index (χ0n) is 17.0. The van der Waals surface area contributed by atoms with Crippen molar-refractivity contribution in [2.24, 2.45) is 0 Å². The molecule has 160 valence electrons. The first-order valence-corrected chi connectivity index (χ1v) is 11.9. The van der Waals surface area contributed by atoms with E-state index in [4.69, 9.17) is 25.5 Å². The van der Waals surface area contributed by atoms with Crippen LogP contribution in [0, 0.1) is 0 Å². The highest BCUT2D eigenvalue weighted by atomic mass is 35.5. The number of unbranched alkanes of at least 4 members (excludes halogenated alkanes) is 3. The molecule has 0 atom stereocenters. The van der Waals surface area contributed by atoms with Gasteiger partial charge in [-0.2, -0.15) is 0 Å². The highest BCUT2D eigenvalue weighted by Gasteiger charge is 2.09. The van der Waals surface area contributed by atoms with E-state index >= 15 is 0 Å². The number of benzene rings is 2. The number of thioether (sulfide) groups is 1. The van der Waals surface area contributed by atoms with E-state index in [1.807, 2.05) is 54.6 Å². The van der Waals surface area contributed by atoms with Crippen molar-refractivity contribution in [3.8, 4) is 23.0 Å². The fourth-order valence-electron chi connectivity index (χ4n) is 2.76. The van der Waals surface area contributed by atoms with Gasteiger partial charge in [0.2, 0.25) is 11.8 Å². The number of ether oxygens (including phenoxy) is 2. The number of halogens is 1. The summed E-state index contributed by atoms with van der Waals surface area (Å²) < 4.78 is 17.2. The van der Waals surface area contributed by atoms with Gasteiger partial charge in [-0.15, -0.1) is 33.6 Å². The van der Waals surface area contributed by atoms with Gasteiger partial charge in [0.25, 0.3) is 0 Å². The Morgan fingerprint density at radius 1 is 0.800 bits per heavy atom. The molecule has 2 aromatic carbocycles. The van der Waals surface area contributed by atoms with Gasteiger partial charge in [0, 0.05) is 17.2 Å². The third-order valence-electron chi connectivity index (χ3n) is 4.33. The Balaban J connectivity index is 1.35. The van der Waals surface area contributed by atoms with Crippen LogP contribution in [-0.4, -0.2) is 35.0 Å². The Morgan fingerprint density at radius 3 is 2.33 bits per heavy atom. The van der Waals surface area contributed by atoms with Crippen LogP contribution in [0.4, 0.5) is 0 Å². The topological polar surface area (TPSA) is 57.4 Å². The first kappa shape index (κ1) is 22.5. The second kappa shape index (κ2) is 13.2. The molecule has 0 amide bonds. The molecule has 0 radical (unpaired) electrons. The minimum atomic E-state index is 0.527. The summed E-state index contributed by atoms with van der Waals surface area (Å²) in [6.45, 7) is 1.36. The molecule has 0 unspecified atom stereocenters. The maximum Gasteiger partial charge on any atom is 0.247 e. The molecule has 0 saturated carbocycles. The van der Waals surface area contributed by atoms with E-state index in [1.54, 1.807) is 11.8 Å². The molecule has 1 heterocycles. The molecule has 0 aliphatic rings. The van der Waals surface area contributed by atoms with Crippen molar-refractivity contribution in [2.75, 3.05) is 24.8 Å². The molecule has 0 aliphatic heterocycles. The van der Waals surface area contributed by atoms with Gasteiger partial charge in [-0.05, 0) is 49.2 Å². The van der Waals surface area contributed by atoms with Gasteiger partial charge in [-0.1, -0.05) is 31.0 Å². The van der Waals surface area contributed by atoms with Gasteiger partial charge in [0.05, 0.1) is 19.0 Å². The van der Waals surface area contributed by atoms with E-state index in [0.717, 1.165) is 61.0 Å². The SMILES string of the molecule is ClCCCCCCOc1ccc(-c2nnc(CSCCOc3ccccc3)o2)cc1. The Kier molecular flexibility index (Phi) is 9.89. The van der Waals surface area contributed by atoms with Crippen LogP contribution in [0.1, 0.15) is 31.6 Å². The van der Waals surface area contributed by atoms with Crippen LogP contribution in [0.2, 0.25) is 0 Å². The molecule has 7 heteroatoms. The maximum atomic E-state index is 5.78. The lowest BCUT2D eigenvalue weighted by Gasteiger charge is -2.06. The van der Waals surface area contributed by atoms with Crippen LogP contribution < -0.4 is 9.47 Å². The van der Waals surface area contributed by atoms with Gasteiger partial charge in [-0.25, -0.2) is 0 Å². The molecular formula is C23H27ClN2O3S. The Morgan fingerprint density at radius 2 is 1.53 bits per heavy atom. The Labute approximate surface area is 187 Å². The van der Waals surface area contributed by atoms with Crippen LogP contribution in [0.3, 0.4) is 0 Å². The van der Waals surface area contributed by atoms with Crippen LogP contribution >= 0.6 is 23.4 Å². The largest absolute Gasteiger partial charge is 0.494 e. The standard InChI is InChI=1S/C23H27ClN2O3S/c24-14-6-1-2-7-15-27-21-12-10-19(11-13-21)23-26-25-22(29-23)18-30-17-16-28-20-8-4-3-5-9-20/h3-5,8-13H,1-2,6-7,14-18H2. The van der Waals surface area contributed by atoms with Gasteiger partial charge in [0.1, 0.15) is 11.5 Å². The van der Waals surface area contributed by atoms with Crippen molar-refractivity contribution in [1.82, 2.24) is 10.2 Å². The smallest absolute Gasteiger partial charge is 0.247 e. The molecule has 3 rings (SSSR count). The lowest BCUT2D eigenvalue weighted by Crippen LogP contribution is -2.00. The summed E-state index contributed by atoms with van der Waals surface area (Å²) in [5.74, 6) is 5.13. The van der Waals surface area contributed by atoms with Crippen molar-refractivity contribution < 1.29 is 13.9 Å². The summed E-state index contributed by atoms with van der Waals surface area (Å²) in [4.78, 5) is 0. The van der Waals surface area contributed by atoms with E-state index in [9.17, 15) is 0 Å². The zero-order chi connectivity index (χ0) is 20.9. The molecule has 0 bridgehead atoms. The molecule has 3 aromatic rings. The minimum absolute atomic E-state index is 0.527. The predicted octanol–water partition coefficient (Wildman–Crippen LogP) is 6.23. The summed E-state index contributed by atoms with van der Waals surface area (Å²) in [7, 11) is 0. The highest BCUT2D eigenvalue weighted by Crippen LogP contribution is 2.23. The fraction of sp³-hybridized carbons (Fsp3) is 0.391. The highest BCUT2D eigenvalue weighted by molar-refractivity contribution is 7.98. The molecular weight excluding hydrogens is 420 g/mol. The first-order chi connectivity index (χ1) is 14.8. The van der Waals surface area contributed by atoms with Crippen molar-refractivity contribution in [2.45, 2.75) is 31.4 Å². The van der Waals surface area contributed by atoms with Gasteiger partial charge < -0.3 is 13.9 Å². The average molecular weight is 447 g/mol. The van der Waals surface area contributed by atoms with Crippen LogP contribution in [0.5, 0.6) is 11.5 Å². The number of hydrogen-bond acceptors (Lipinski definition) is 6. The molecule has 0 aliphatic carbocycles. The third-order valence-corrected chi connectivity index (χ3v) is 5.50. The molecule has 30 heavy (non-hydrogen) atoms. The quantitative estimate of drug-likeness (QED) is 0.216. The fourth-order valence-corrected chi connectivity index (χ4v) is 3.58. The lowest BCUT2D eigenvalue weighted by molar-refractivity contribution is 0.305. The molecule has 0 N–H and O–H groups in total. The van der Waals surface area contributed by atoms with Gasteiger partial charge >= 0.3 is 0 Å². The Bertz CT molecular complexity index is 843. The number of rotatable bonds is 14. The number of nitrogens with zero attached hydrogens (tertiary/aromatic N) is 2. The minimum Gasteiger partial charge on any atom is -0.494 e. The summed E-state index contributed by atoms with van der Waals surface area (Å²) >= 11 is 7.39. The summed E-state index contributed by atoms with van der Waals surface area (Å²) in [5.41, 5.74) is 0.889. The summed E-state index contributed by atoms with van der Waals surface area (Å²) in [5, 5.41) is 8.29. The average Bonchev–Trinajstić information content (AvgIpc) is 3.26. The first-order valence-electron chi connectivity index (χ1n) is 10.2. The van der Waals surface area contributed by atoms with E-state index in [2.05, 4.69) is 10.2 Å². The predicted molar refractivity (Wildman–Crippen MR) is 123 cm³/mol. The van der Waals surface area contributed by atoms with Crippen molar-refractivity contribution in [3.63, 3.8) is 0 Å². The molecule has 1 aromatic heterocycles. The van der Waals surface area contributed by atoms with Crippen molar-refractivity contribution in [3.05, 3.63) is 60.5 Å². The number of hydrogen-bond donors (Lipinski definition) is 0. The van der Waals surface area contributed by atoms with Gasteiger partial charge in [-0.3, -0.25) is 0 Å².